The maximum atomic E-state index is 13.5. The van der Waals surface area contributed by atoms with Gasteiger partial charge in [-0.1, -0.05) is 35.5 Å². The molecule has 0 aromatic heterocycles. The first-order chi connectivity index (χ1) is 16.1. The van der Waals surface area contributed by atoms with Gasteiger partial charge in [0.1, 0.15) is 11.4 Å². The molecule has 2 aromatic rings. The van der Waals surface area contributed by atoms with E-state index in [1.165, 1.54) is 11.8 Å². The molecule has 0 radical (unpaired) electrons. The van der Waals surface area contributed by atoms with E-state index < -0.39 is 11.7 Å². The lowest BCUT2D eigenvalue weighted by molar-refractivity contribution is 0.0591. The van der Waals surface area contributed by atoms with E-state index in [2.05, 4.69) is 10.3 Å². The van der Waals surface area contributed by atoms with E-state index in [0.29, 0.717) is 23.7 Å². The van der Waals surface area contributed by atoms with E-state index in [0.717, 1.165) is 27.9 Å². The molecule has 1 aliphatic rings. The van der Waals surface area contributed by atoms with Crippen LogP contribution in [0.5, 0.6) is 5.75 Å². The number of thioether (sulfide) groups is 1. The number of halogens is 1. The maximum absolute atomic E-state index is 13.5. The SMILES string of the molecule is CSC1=NCC(N(C(=O)OC(C)(C)C)c2ccc(OC(C)C)cc2)=C(Cc2ccc(Cl)cc2)N1. The fourth-order valence-electron chi connectivity index (χ4n) is 3.38. The molecule has 1 aliphatic heterocycles. The number of nitrogens with zero attached hydrogens (tertiary/aromatic N) is 2. The van der Waals surface area contributed by atoms with Crippen LogP contribution in [0.25, 0.3) is 0 Å². The van der Waals surface area contributed by atoms with Crippen LogP contribution in [0.4, 0.5) is 10.5 Å². The number of carbonyl (C=O) groups excluding carboxylic acids is 1. The van der Waals surface area contributed by atoms with Crippen LogP contribution >= 0.6 is 23.4 Å². The van der Waals surface area contributed by atoms with E-state index in [4.69, 9.17) is 21.1 Å². The Morgan fingerprint density at radius 2 is 1.79 bits per heavy atom. The number of amidine groups is 1. The second kappa shape index (κ2) is 11.2. The molecule has 6 nitrogen and oxygen atoms in total. The number of aliphatic imine (C=N–C) groups is 1. The molecule has 1 amide bonds. The quantitative estimate of drug-likeness (QED) is 0.480. The molecular formula is C26H32ClN3O3S. The van der Waals surface area contributed by atoms with Crippen molar-refractivity contribution >= 4 is 40.3 Å². The normalized spacial score (nSPS) is 13.9. The number of allylic oxidation sites excluding steroid dienone is 1. The van der Waals surface area contributed by atoms with Crippen molar-refractivity contribution in [3.8, 4) is 5.75 Å². The number of hydrogen-bond donors (Lipinski definition) is 1. The minimum absolute atomic E-state index is 0.0587. The van der Waals surface area contributed by atoms with Gasteiger partial charge in [0.05, 0.1) is 24.0 Å². The molecule has 1 heterocycles. The molecule has 0 fully saturated rings. The molecule has 2 aromatic carbocycles. The minimum atomic E-state index is -0.650. The van der Waals surface area contributed by atoms with E-state index in [-0.39, 0.29) is 6.10 Å². The summed E-state index contributed by atoms with van der Waals surface area (Å²) in [6.45, 7) is 9.86. The number of hydrogen-bond acceptors (Lipinski definition) is 6. The molecule has 0 bridgehead atoms. The fraction of sp³-hybridized carbons (Fsp3) is 0.385. The summed E-state index contributed by atoms with van der Waals surface area (Å²) in [7, 11) is 0. The van der Waals surface area contributed by atoms with Crippen LogP contribution in [-0.4, -0.2) is 35.8 Å². The number of nitrogens with one attached hydrogen (secondary N) is 1. The predicted molar refractivity (Wildman–Crippen MR) is 142 cm³/mol. The molecule has 0 atom stereocenters. The van der Waals surface area contributed by atoms with Crippen LogP contribution in [0.15, 0.2) is 64.9 Å². The molecule has 34 heavy (non-hydrogen) atoms. The second-order valence-electron chi connectivity index (χ2n) is 9.16. The van der Waals surface area contributed by atoms with Gasteiger partial charge in [-0.25, -0.2) is 9.69 Å². The Hall–Kier alpha value is -2.64. The van der Waals surface area contributed by atoms with Crippen LogP contribution in [0.3, 0.4) is 0 Å². The molecular weight excluding hydrogens is 470 g/mol. The summed E-state index contributed by atoms with van der Waals surface area (Å²) in [5.74, 6) is 0.739. The van der Waals surface area contributed by atoms with Gasteiger partial charge in [-0.2, -0.15) is 0 Å². The third-order valence-corrected chi connectivity index (χ3v) is 5.65. The highest BCUT2D eigenvalue weighted by Gasteiger charge is 2.30. The topological polar surface area (TPSA) is 63.2 Å². The zero-order chi connectivity index (χ0) is 24.9. The summed E-state index contributed by atoms with van der Waals surface area (Å²) in [4.78, 5) is 19.7. The second-order valence-corrected chi connectivity index (χ2v) is 10.4. The monoisotopic (exact) mass is 501 g/mol. The average Bonchev–Trinajstić information content (AvgIpc) is 2.76. The Morgan fingerprint density at radius 3 is 2.35 bits per heavy atom. The van der Waals surface area contributed by atoms with Crippen molar-refractivity contribution < 1.29 is 14.3 Å². The first-order valence-electron chi connectivity index (χ1n) is 11.2. The van der Waals surface area contributed by atoms with Crippen molar-refractivity contribution in [1.82, 2.24) is 5.32 Å². The van der Waals surface area contributed by atoms with Gasteiger partial charge in [-0.05, 0) is 82.8 Å². The molecule has 0 unspecified atom stereocenters. The van der Waals surface area contributed by atoms with E-state index >= 15 is 0 Å². The third kappa shape index (κ3) is 7.18. The third-order valence-electron chi connectivity index (χ3n) is 4.78. The fourth-order valence-corrected chi connectivity index (χ4v) is 3.93. The molecule has 0 saturated carbocycles. The van der Waals surface area contributed by atoms with Gasteiger partial charge in [0, 0.05) is 17.1 Å². The zero-order valence-electron chi connectivity index (χ0n) is 20.5. The molecule has 3 rings (SSSR count). The smallest absolute Gasteiger partial charge is 0.419 e. The lowest BCUT2D eigenvalue weighted by Crippen LogP contribution is -2.41. The number of ether oxygens (including phenoxy) is 2. The number of rotatable bonds is 6. The number of benzene rings is 2. The van der Waals surface area contributed by atoms with Crippen LogP contribution in [-0.2, 0) is 11.2 Å². The highest BCUT2D eigenvalue weighted by molar-refractivity contribution is 8.13. The summed E-state index contributed by atoms with van der Waals surface area (Å²) < 4.78 is 11.6. The van der Waals surface area contributed by atoms with Gasteiger partial charge in [-0.3, -0.25) is 4.99 Å². The van der Waals surface area contributed by atoms with Gasteiger partial charge in [0.25, 0.3) is 0 Å². The Kier molecular flexibility index (Phi) is 8.55. The Bertz CT molecular complexity index is 1060. The van der Waals surface area contributed by atoms with Gasteiger partial charge in [0.2, 0.25) is 0 Å². The summed E-state index contributed by atoms with van der Waals surface area (Å²) >= 11 is 7.61. The summed E-state index contributed by atoms with van der Waals surface area (Å²) in [5.41, 5.74) is 2.72. The number of amides is 1. The zero-order valence-corrected chi connectivity index (χ0v) is 22.1. The molecule has 8 heteroatoms. The average molecular weight is 502 g/mol. The van der Waals surface area contributed by atoms with Crippen molar-refractivity contribution in [3.63, 3.8) is 0 Å². The van der Waals surface area contributed by atoms with Crippen LogP contribution in [0.1, 0.15) is 40.2 Å². The van der Waals surface area contributed by atoms with Gasteiger partial charge >= 0.3 is 6.09 Å². The first kappa shape index (κ1) is 26.0. The molecule has 0 aliphatic carbocycles. The lowest BCUT2D eigenvalue weighted by atomic mass is 10.1. The standard InChI is InChI=1S/C26H32ClN3O3S/c1-17(2)32-21-13-11-20(12-14-21)30(25(31)33-26(3,4)5)23-16-28-24(34-6)29-22(23)15-18-7-9-19(27)10-8-18/h7-14,17H,15-16H2,1-6H3,(H,28,29). The van der Waals surface area contributed by atoms with E-state index in [1.54, 1.807) is 4.90 Å². The van der Waals surface area contributed by atoms with Crippen molar-refractivity contribution in [2.24, 2.45) is 4.99 Å². The Labute approximate surface area is 211 Å². The first-order valence-corrected chi connectivity index (χ1v) is 12.8. The lowest BCUT2D eigenvalue weighted by Gasteiger charge is -2.32. The molecule has 0 spiro atoms. The summed E-state index contributed by atoms with van der Waals surface area (Å²) in [6, 6.07) is 15.1. The Balaban J connectivity index is 2.05. The minimum Gasteiger partial charge on any atom is -0.491 e. The van der Waals surface area contributed by atoms with Gasteiger partial charge < -0.3 is 14.8 Å². The van der Waals surface area contributed by atoms with E-state index in [1.807, 2.05) is 89.4 Å². The van der Waals surface area contributed by atoms with Gasteiger partial charge in [0.15, 0.2) is 5.17 Å². The van der Waals surface area contributed by atoms with E-state index in [9.17, 15) is 4.79 Å². The highest BCUT2D eigenvalue weighted by Crippen LogP contribution is 2.29. The number of anilines is 1. The van der Waals surface area contributed by atoms with Crippen LogP contribution in [0.2, 0.25) is 5.02 Å². The largest absolute Gasteiger partial charge is 0.491 e. The summed E-state index contributed by atoms with van der Waals surface area (Å²) in [5, 5.41) is 4.89. The Morgan fingerprint density at radius 1 is 1.15 bits per heavy atom. The highest BCUT2D eigenvalue weighted by atomic mass is 35.5. The predicted octanol–water partition coefficient (Wildman–Crippen LogP) is 6.65. The maximum Gasteiger partial charge on any atom is 0.419 e. The van der Waals surface area contributed by atoms with Crippen molar-refractivity contribution in [3.05, 3.63) is 70.5 Å². The van der Waals surface area contributed by atoms with Crippen LogP contribution in [0, 0.1) is 0 Å². The van der Waals surface area contributed by atoms with Crippen molar-refractivity contribution in [2.45, 2.75) is 52.7 Å². The molecule has 1 N–H and O–H groups in total. The van der Waals surface area contributed by atoms with Crippen molar-refractivity contribution in [2.75, 3.05) is 17.7 Å². The summed E-state index contributed by atoms with van der Waals surface area (Å²) in [6.07, 6.45) is 2.15. The molecule has 0 saturated heterocycles. The van der Waals surface area contributed by atoms with Crippen molar-refractivity contribution in [1.29, 1.82) is 0 Å². The van der Waals surface area contributed by atoms with Gasteiger partial charge in [-0.15, -0.1) is 0 Å². The van der Waals surface area contributed by atoms with Crippen LogP contribution < -0.4 is 15.0 Å². The number of carbonyl (C=O) groups is 1. The molecule has 182 valence electrons.